The maximum Gasteiger partial charge on any atom is 0.111 e. The van der Waals surface area contributed by atoms with E-state index >= 15 is 0 Å². The third-order valence-electron chi connectivity index (χ3n) is 7.75. The number of nitriles is 1. The van der Waals surface area contributed by atoms with E-state index in [1.165, 1.54) is 59.2 Å². The molecule has 0 saturated heterocycles. The summed E-state index contributed by atoms with van der Waals surface area (Å²) in [5.74, 6) is 1.01. The summed E-state index contributed by atoms with van der Waals surface area (Å²) in [4.78, 5) is 7.30. The second kappa shape index (κ2) is 8.33. The van der Waals surface area contributed by atoms with Crippen LogP contribution in [0.2, 0.25) is 0 Å². The molecule has 0 amide bonds. The third-order valence-corrected chi connectivity index (χ3v) is 8.85. The first-order valence-electron chi connectivity index (χ1n) is 13.0. The molecular formula is C35H21N3S. The maximum absolute atomic E-state index is 9.33. The van der Waals surface area contributed by atoms with Gasteiger partial charge in [-0.2, -0.15) is 5.26 Å². The Balaban J connectivity index is 1.41. The molecule has 8 rings (SSSR count). The van der Waals surface area contributed by atoms with Gasteiger partial charge in [0, 0.05) is 9.79 Å². The normalized spacial score (nSPS) is 12.1. The fourth-order valence-corrected chi connectivity index (χ4v) is 7.23. The largest absolute Gasteiger partial charge is 0.294 e. The number of rotatable bonds is 2. The quantitative estimate of drug-likeness (QED) is 0.215. The lowest BCUT2D eigenvalue weighted by Crippen LogP contribution is -2.03. The highest BCUT2D eigenvalue weighted by molar-refractivity contribution is 7.99. The Labute approximate surface area is 230 Å². The molecule has 0 fully saturated rings. The monoisotopic (exact) mass is 515 g/mol. The van der Waals surface area contributed by atoms with Crippen LogP contribution in [-0.4, -0.2) is 9.55 Å². The van der Waals surface area contributed by atoms with E-state index in [1.54, 1.807) is 0 Å². The number of nitrogens with zero attached hydrogens (tertiary/aromatic N) is 3. The van der Waals surface area contributed by atoms with Crippen LogP contribution in [0.1, 0.15) is 11.4 Å². The first kappa shape index (κ1) is 22.2. The summed E-state index contributed by atoms with van der Waals surface area (Å²) in [6.45, 7) is 2.08. The van der Waals surface area contributed by atoms with E-state index in [0.29, 0.717) is 5.56 Å². The zero-order valence-electron chi connectivity index (χ0n) is 21.1. The smallest absolute Gasteiger partial charge is 0.111 e. The summed E-state index contributed by atoms with van der Waals surface area (Å²) >= 11 is 1.82. The lowest BCUT2D eigenvalue weighted by Gasteiger charge is -2.22. The predicted octanol–water partition coefficient (Wildman–Crippen LogP) is 9.31. The zero-order chi connectivity index (χ0) is 26.1. The van der Waals surface area contributed by atoms with Crippen LogP contribution in [0.15, 0.2) is 119 Å². The molecule has 182 valence electrons. The molecule has 6 aromatic carbocycles. The van der Waals surface area contributed by atoms with Crippen molar-refractivity contribution in [3.05, 3.63) is 121 Å². The van der Waals surface area contributed by atoms with E-state index in [0.717, 1.165) is 16.9 Å². The van der Waals surface area contributed by atoms with Gasteiger partial charge in [-0.15, -0.1) is 0 Å². The van der Waals surface area contributed by atoms with Crippen LogP contribution in [0.3, 0.4) is 0 Å². The molecule has 0 unspecified atom stereocenters. The van der Waals surface area contributed by atoms with E-state index in [4.69, 9.17) is 4.98 Å². The van der Waals surface area contributed by atoms with Gasteiger partial charge in [-0.3, -0.25) is 4.57 Å². The van der Waals surface area contributed by atoms with Crippen LogP contribution in [0, 0.1) is 18.3 Å². The zero-order valence-corrected chi connectivity index (χ0v) is 22.0. The Bertz CT molecular complexity index is 2110. The minimum absolute atomic E-state index is 0.669. The molecule has 4 heteroatoms. The Morgan fingerprint density at radius 3 is 1.92 bits per heavy atom. The van der Waals surface area contributed by atoms with Crippen molar-refractivity contribution in [2.45, 2.75) is 16.7 Å². The van der Waals surface area contributed by atoms with Crippen molar-refractivity contribution in [3.8, 4) is 34.0 Å². The summed E-state index contributed by atoms with van der Waals surface area (Å²) in [6.07, 6.45) is 0. The number of hydrogen-bond acceptors (Lipinski definition) is 3. The van der Waals surface area contributed by atoms with Crippen LogP contribution >= 0.6 is 11.8 Å². The Morgan fingerprint density at radius 1 is 0.667 bits per heavy atom. The van der Waals surface area contributed by atoms with E-state index in [2.05, 4.69) is 115 Å². The Hall–Kier alpha value is -4.85. The Morgan fingerprint density at radius 2 is 1.28 bits per heavy atom. The van der Waals surface area contributed by atoms with E-state index in [1.807, 2.05) is 23.9 Å². The highest BCUT2D eigenvalue weighted by atomic mass is 32.2. The fourth-order valence-electron chi connectivity index (χ4n) is 6.11. The van der Waals surface area contributed by atoms with Gasteiger partial charge >= 0.3 is 0 Å². The molecule has 0 aliphatic carbocycles. The number of fused-ring (bicyclic) bond motifs is 4. The first-order chi connectivity index (χ1) is 19.2. The molecule has 7 aromatic rings. The molecule has 0 atom stereocenters. The van der Waals surface area contributed by atoms with Crippen LogP contribution in [0.25, 0.3) is 60.5 Å². The molecule has 0 saturated carbocycles. The van der Waals surface area contributed by atoms with Gasteiger partial charge in [0.1, 0.15) is 5.82 Å². The number of aryl methyl sites for hydroxylation is 1. The van der Waals surface area contributed by atoms with Crippen molar-refractivity contribution in [1.82, 2.24) is 9.55 Å². The van der Waals surface area contributed by atoms with Crippen molar-refractivity contribution < 1.29 is 0 Å². The third kappa shape index (κ3) is 3.21. The molecule has 3 nitrogen and oxygen atoms in total. The minimum atomic E-state index is 0.669. The summed E-state index contributed by atoms with van der Waals surface area (Å²) in [6, 6.07) is 40.8. The molecule has 0 spiro atoms. The molecule has 0 N–H and O–H groups in total. The summed E-state index contributed by atoms with van der Waals surface area (Å²) < 4.78 is 2.30. The molecule has 2 heterocycles. The minimum Gasteiger partial charge on any atom is -0.294 e. The molecule has 1 aliphatic rings. The lowest BCUT2D eigenvalue weighted by atomic mass is 9.86. The molecule has 1 aromatic heterocycles. The number of imidazole rings is 1. The van der Waals surface area contributed by atoms with Gasteiger partial charge < -0.3 is 0 Å². The van der Waals surface area contributed by atoms with Crippen molar-refractivity contribution in [2.24, 2.45) is 0 Å². The van der Waals surface area contributed by atoms with Gasteiger partial charge in [0.15, 0.2) is 0 Å². The molecular weight excluding hydrogens is 494 g/mol. The highest BCUT2D eigenvalue weighted by Crippen LogP contribution is 2.48. The van der Waals surface area contributed by atoms with Gasteiger partial charge in [-0.05, 0) is 87.1 Å². The highest BCUT2D eigenvalue weighted by Gasteiger charge is 2.23. The Kier molecular flexibility index (Phi) is 4.73. The first-order valence-corrected chi connectivity index (χ1v) is 13.8. The summed E-state index contributed by atoms with van der Waals surface area (Å²) in [5.41, 5.74) is 8.86. The van der Waals surface area contributed by atoms with Crippen LogP contribution < -0.4 is 0 Å². The molecule has 0 bridgehead atoms. The van der Waals surface area contributed by atoms with Crippen molar-refractivity contribution in [1.29, 1.82) is 5.26 Å². The van der Waals surface area contributed by atoms with Crippen molar-refractivity contribution in [3.63, 3.8) is 0 Å². The second-order valence-electron chi connectivity index (χ2n) is 9.93. The van der Waals surface area contributed by atoms with Gasteiger partial charge in [0.25, 0.3) is 0 Å². The summed E-state index contributed by atoms with van der Waals surface area (Å²) in [7, 11) is 0. The SMILES string of the molecule is Cc1nc2cccc3c2n1-c1ccc(-c2c4ccccc4c(-c4ccc(C#N)cc4)c4ccccc24)cc1S3. The van der Waals surface area contributed by atoms with Gasteiger partial charge in [-0.1, -0.05) is 84.6 Å². The van der Waals surface area contributed by atoms with E-state index in [9.17, 15) is 5.26 Å². The topological polar surface area (TPSA) is 41.6 Å². The van der Waals surface area contributed by atoms with Crippen LogP contribution in [0.5, 0.6) is 0 Å². The average molecular weight is 516 g/mol. The van der Waals surface area contributed by atoms with Gasteiger partial charge in [0.05, 0.1) is 28.4 Å². The van der Waals surface area contributed by atoms with Crippen LogP contribution in [0.4, 0.5) is 0 Å². The van der Waals surface area contributed by atoms with Gasteiger partial charge in [0.2, 0.25) is 0 Å². The number of benzene rings is 6. The summed E-state index contributed by atoms with van der Waals surface area (Å²) in [5, 5.41) is 14.2. The predicted molar refractivity (Wildman–Crippen MR) is 161 cm³/mol. The number of aromatic nitrogens is 2. The fraction of sp³-hybridized carbons (Fsp3) is 0.0286. The molecule has 39 heavy (non-hydrogen) atoms. The standard InChI is InChI=1S/C35H21N3S/c1-21-37-29-11-6-12-31-35(29)38(21)30-18-17-24(19-32(30)39-31)34-27-9-4-2-7-25(27)33(26-8-3-5-10-28(26)34)23-15-13-22(20-36)14-16-23/h2-19H,1H3. The number of hydrogen-bond donors (Lipinski definition) is 0. The average Bonchev–Trinajstić information content (AvgIpc) is 3.33. The molecule has 1 aliphatic heterocycles. The van der Waals surface area contributed by atoms with Crippen LogP contribution in [-0.2, 0) is 0 Å². The molecule has 0 radical (unpaired) electrons. The lowest BCUT2D eigenvalue weighted by molar-refractivity contribution is 0.963. The van der Waals surface area contributed by atoms with Crippen molar-refractivity contribution >= 4 is 44.3 Å². The van der Waals surface area contributed by atoms with Crippen molar-refractivity contribution in [2.75, 3.05) is 0 Å². The van der Waals surface area contributed by atoms with E-state index < -0.39 is 0 Å². The van der Waals surface area contributed by atoms with E-state index in [-0.39, 0.29) is 0 Å². The second-order valence-corrected chi connectivity index (χ2v) is 11.0. The van der Waals surface area contributed by atoms with Gasteiger partial charge in [-0.25, -0.2) is 4.98 Å². The maximum atomic E-state index is 9.33. The number of para-hydroxylation sites is 1.